The molecular formula is C27H26F5N3O3S. The molecule has 1 heterocycles. The van der Waals surface area contributed by atoms with Crippen LogP contribution in [-0.2, 0) is 22.8 Å². The summed E-state index contributed by atoms with van der Waals surface area (Å²) in [6.07, 6.45) is -3.56. The van der Waals surface area contributed by atoms with E-state index in [-0.39, 0.29) is 4.90 Å². The van der Waals surface area contributed by atoms with E-state index in [9.17, 15) is 31.3 Å². The Balaban J connectivity index is 1.44. The van der Waals surface area contributed by atoms with Crippen molar-refractivity contribution < 1.29 is 36.0 Å². The number of alkyl halides is 3. The van der Waals surface area contributed by atoms with Crippen LogP contribution in [0.1, 0.15) is 30.4 Å². The average molecular weight is 568 g/mol. The first-order valence-corrected chi connectivity index (χ1v) is 13.9. The van der Waals surface area contributed by atoms with Crippen molar-refractivity contribution in [2.45, 2.75) is 61.5 Å². The van der Waals surface area contributed by atoms with Gasteiger partial charge < -0.3 is 14.7 Å². The fraction of sp³-hybridized carbons (Fsp3) is 0.333. The third-order valence-electron chi connectivity index (χ3n) is 7.13. The Hall–Kier alpha value is -3.22. The number of aliphatic hydroxyl groups excluding tert-OH is 1. The van der Waals surface area contributed by atoms with Crippen LogP contribution in [0.25, 0.3) is 0 Å². The van der Waals surface area contributed by atoms with Gasteiger partial charge >= 0.3 is 6.36 Å². The molecule has 5 rings (SSSR count). The number of hydrogen-bond donors (Lipinski definition) is 3. The van der Waals surface area contributed by atoms with E-state index in [2.05, 4.69) is 9.46 Å². The number of ether oxygens (including phenoxy) is 1. The van der Waals surface area contributed by atoms with Crippen LogP contribution >= 0.6 is 0 Å². The van der Waals surface area contributed by atoms with Crippen molar-refractivity contribution >= 4 is 21.3 Å². The summed E-state index contributed by atoms with van der Waals surface area (Å²) in [5.74, 6) is -1.32. The maximum absolute atomic E-state index is 14.1. The Kier molecular flexibility index (Phi) is 7.29. The molecule has 3 N–H and O–H groups in total. The Morgan fingerprint density at radius 3 is 2.03 bits per heavy atom. The highest BCUT2D eigenvalue weighted by Gasteiger charge is 2.40. The summed E-state index contributed by atoms with van der Waals surface area (Å²) >= 11 is 0. The van der Waals surface area contributed by atoms with Crippen LogP contribution < -0.4 is 14.4 Å². The van der Waals surface area contributed by atoms with Crippen molar-refractivity contribution in [2.24, 2.45) is 0 Å². The van der Waals surface area contributed by atoms with Crippen molar-refractivity contribution in [3.05, 3.63) is 83.4 Å². The van der Waals surface area contributed by atoms with Gasteiger partial charge in [-0.1, -0.05) is 0 Å². The molecule has 3 aromatic carbocycles. The second kappa shape index (κ2) is 10.4. The van der Waals surface area contributed by atoms with E-state index in [0.29, 0.717) is 54.6 Å². The molecule has 0 saturated heterocycles. The predicted molar refractivity (Wildman–Crippen MR) is 135 cm³/mol. The molecular weight excluding hydrogens is 541 g/mol. The molecule has 12 heteroatoms. The third-order valence-corrected chi connectivity index (χ3v) is 8.70. The zero-order valence-corrected chi connectivity index (χ0v) is 21.4. The highest BCUT2D eigenvalue weighted by Crippen LogP contribution is 2.41. The summed E-state index contributed by atoms with van der Waals surface area (Å²) in [5, 5.41) is 11.5. The number of aryl methyl sites for hydroxylation is 2. The zero-order valence-electron chi connectivity index (χ0n) is 20.6. The molecule has 1 aliphatic carbocycles. The van der Waals surface area contributed by atoms with Crippen molar-refractivity contribution in [2.75, 3.05) is 4.90 Å². The summed E-state index contributed by atoms with van der Waals surface area (Å²) in [5.41, 5.74) is 2.77. The molecule has 0 bridgehead atoms. The molecule has 4 atom stereocenters. The SMILES string of the molecule is N=S(=O)(NC1CCCC(N2c3ccc(F)cc3CCc3cc(F)ccc32)C1O)c1ccc(OC(F)(F)F)cc1. The number of anilines is 2. The number of rotatable bonds is 5. The minimum atomic E-state index is -4.88. The monoisotopic (exact) mass is 567 g/mol. The number of benzene rings is 3. The summed E-state index contributed by atoms with van der Waals surface area (Å²) in [7, 11) is -3.71. The first-order valence-electron chi connectivity index (χ1n) is 12.4. The van der Waals surface area contributed by atoms with Gasteiger partial charge in [0.1, 0.15) is 27.3 Å². The van der Waals surface area contributed by atoms with Crippen LogP contribution in [0.3, 0.4) is 0 Å². The first-order chi connectivity index (χ1) is 18.4. The second-order valence-corrected chi connectivity index (χ2v) is 11.5. The van der Waals surface area contributed by atoms with E-state index in [1.807, 2.05) is 4.90 Å². The first kappa shape index (κ1) is 27.4. The largest absolute Gasteiger partial charge is 0.573 e. The van der Waals surface area contributed by atoms with E-state index in [1.165, 1.54) is 24.3 Å². The van der Waals surface area contributed by atoms with Gasteiger partial charge in [-0.05, 0) is 104 Å². The molecule has 0 amide bonds. The van der Waals surface area contributed by atoms with E-state index in [0.717, 1.165) is 24.3 Å². The molecule has 3 aromatic rings. The van der Waals surface area contributed by atoms with Gasteiger partial charge in [0, 0.05) is 17.4 Å². The fourth-order valence-corrected chi connectivity index (χ4v) is 6.76. The number of hydrogen-bond acceptors (Lipinski definition) is 5. The summed E-state index contributed by atoms with van der Waals surface area (Å²) in [6, 6.07) is 11.6. The lowest BCUT2D eigenvalue weighted by Crippen LogP contribution is -2.55. The highest BCUT2D eigenvalue weighted by atomic mass is 32.2. The molecule has 208 valence electrons. The molecule has 2 aliphatic rings. The second-order valence-electron chi connectivity index (χ2n) is 9.70. The van der Waals surface area contributed by atoms with Crippen LogP contribution in [0.4, 0.5) is 33.3 Å². The van der Waals surface area contributed by atoms with Crippen LogP contribution in [0.5, 0.6) is 5.75 Å². The van der Waals surface area contributed by atoms with Crippen LogP contribution in [0.15, 0.2) is 65.6 Å². The smallest absolute Gasteiger partial charge is 0.406 e. The maximum Gasteiger partial charge on any atom is 0.573 e. The standard InChI is InChI=1S/C27H26F5N3O3S/c28-18-6-12-23-16(14-18)4-5-17-15-19(29)7-13-24(17)35(23)25-3-1-2-22(26(25)36)34-39(33,37)21-10-8-20(9-11-21)38-27(30,31)32/h6-15,22,25-26,36H,1-5H2,(H2,33,34,37). The Bertz CT molecular complexity index is 1410. The minimum Gasteiger partial charge on any atom is -0.406 e. The summed E-state index contributed by atoms with van der Waals surface area (Å²) < 4.78 is 93.9. The minimum absolute atomic E-state index is 0.0669. The number of aliphatic hydroxyl groups is 1. The van der Waals surface area contributed by atoms with Crippen molar-refractivity contribution in [3.8, 4) is 5.75 Å². The third kappa shape index (κ3) is 5.87. The number of halogens is 5. The van der Waals surface area contributed by atoms with Gasteiger partial charge in [0.15, 0.2) is 0 Å². The van der Waals surface area contributed by atoms with E-state index >= 15 is 0 Å². The molecule has 6 nitrogen and oxygen atoms in total. The average Bonchev–Trinajstić information content (AvgIpc) is 3.01. The van der Waals surface area contributed by atoms with Gasteiger partial charge in [-0.3, -0.25) is 0 Å². The molecule has 0 aromatic heterocycles. The van der Waals surface area contributed by atoms with Crippen molar-refractivity contribution in [1.82, 2.24) is 4.72 Å². The van der Waals surface area contributed by atoms with Gasteiger partial charge in [-0.2, -0.15) is 0 Å². The maximum atomic E-state index is 14.1. The van der Waals surface area contributed by atoms with Gasteiger partial charge in [0.05, 0.1) is 17.0 Å². The lowest BCUT2D eigenvalue weighted by molar-refractivity contribution is -0.274. The number of nitrogens with one attached hydrogen (secondary N) is 2. The van der Waals surface area contributed by atoms with Crippen molar-refractivity contribution in [3.63, 3.8) is 0 Å². The molecule has 1 fully saturated rings. The van der Waals surface area contributed by atoms with E-state index < -0.39 is 51.8 Å². The lowest BCUT2D eigenvalue weighted by Gasteiger charge is -2.43. The van der Waals surface area contributed by atoms with E-state index in [4.69, 9.17) is 4.78 Å². The molecule has 39 heavy (non-hydrogen) atoms. The Morgan fingerprint density at radius 2 is 1.49 bits per heavy atom. The van der Waals surface area contributed by atoms with Crippen LogP contribution in [0.2, 0.25) is 0 Å². The highest BCUT2D eigenvalue weighted by molar-refractivity contribution is 7.90. The molecule has 1 aliphatic heterocycles. The van der Waals surface area contributed by atoms with Crippen LogP contribution in [-0.4, -0.2) is 33.9 Å². The Labute approximate surface area is 222 Å². The number of nitrogens with zero attached hydrogens (tertiary/aromatic N) is 1. The normalized spacial score (nSPS) is 22.8. The van der Waals surface area contributed by atoms with Gasteiger partial charge in [0.2, 0.25) is 0 Å². The van der Waals surface area contributed by atoms with Gasteiger partial charge in [-0.25, -0.2) is 22.5 Å². The zero-order chi connectivity index (χ0) is 27.9. The number of fused-ring (bicyclic) bond motifs is 2. The lowest BCUT2D eigenvalue weighted by atomic mass is 9.86. The molecule has 0 spiro atoms. The molecule has 1 saturated carbocycles. The van der Waals surface area contributed by atoms with E-state index in [1.54, 1.807) is 12.1 Å². The summed E-state index contributed by atoms with van der Waals surface area (Å²) in [4.78, 5) is 1.81. The Morgan fingerprint density at radius 1 is 0.923 bits per heavy atom. The quantitative estimate of drug-likeness (QED) is 0.331. The fourth-order valence-electron chi connectivity index (χ4n) is 5.42. The molecule has 0 radical (unpaired) electrons. The summed E-state index contributed by atoms with van der Waals surface area (Å²) in [6.45, 7) is 0. The van der Waals surface area contributed by atoms with Gasteiger partial charge in [-0.15, -0.1) is 13.2 Å². The van der Waals surface area contributed by atoms with Crippen molar-refractivity contribution in [1.29, 1.82) is 4.78 Å². The van der Waals surface area contributed by atoms with Crippen LogP contribution in [0, 0.1) is 16.4 Å². The molecule has 4 unspecified atom stereocenters. The topological polar surface area (TPSA) is 85.7 Å². The predicted octanol–water partition coefficient (Wildman–Crippen LogP) is 5.99. The van der Waals surface area contributed by atoms with Gasteiger partial charge in [0.25, 0.3) is 0 Å².